The second kappa shape index (κ2) is 3.07. The molecule has 14 heavy (non-hydrogen) atoms. The molecule has 0 bridgehead atoms. The Kier molecular flexibility index (Phi) is 1.85. The van der Waals surface area contributed by atoms with Crippen molar-refractivity contribution in [2.75, 3.05) is 13.2 Å². The Hall–Kier alpha value is -0.860. The highest BCUT2D eigenvalue weighted by Crippen LogP contribution is 2.36. The molecule has 0 saturated carbocycles. The van der Waals surface area contributed by atoms with Gasteiger partial charge in [-0.25, -0.2) is 0 Å². The van der Waals surface area contributed by atoms with Gasteiger partial charge in [-0.3, -0.25) is 0 Å². The molecule has 0 aliphatic carbocycles. The third-order valence-electron chi connectivity index (χ3n) is 2.93. The molecule has 1 aromatic carbocycles. The van der Waals surface area contributed by atoms with Crippen molar-refractivity contribution in [3.05, 3.63) is 34.9 Å². The van der Waals surface area contributed by atoms with Crippen molar-refractivity contribution in [3.63, 3.8) is 0 Å². The van der Waals surface area contributed by atoms with E-state index in [1.807, 2.05) is 0 Å². The van der Waals surface area contributed by atoms with Gasteiger partial charge in [0.2, 0.25) is 0 Å². The summed E-state index contributed by atoms with van der Waals surface area (Å²) < 4.78 is 10.6. The van der Waals surface area contributed by atoms with Crippen molar-refractivity contribution < 1.29 is 9.47 Å². The first-order chi connectivity index (χ1) is 6.88. The van der Waals surface area contributed by atoms with Gasteiger partial charge < -0.3 is 9.47 Å². The van der Waals surface area contributed by atoms with Crippen molar-refractivity contribution >= 4 is 0 Å². The second-order valence-corrected chi connectivity index (χ2v) is 3.96. The Morgan fingerprint density at radius 1 is 1.21 bits per heavy atom. The average Bonchev–Trinajstić information content (AvgIpc) is 3.04. The van der Waals surface area contributed by atoms with E-state index < -0.39 is 0 Å². The van der Waals surface area contributed by atoms with Crippen molar-refractivity contribution in [3.8, 4) is 0 Å². The van der Waals surface area contributed by atoms with E-state index in [4.69, 9.17) is 9.47 Å². The van der Waals surface area contributed by atoms with Crippen LogP contribution >= 0.6 is 0 Å². The second-order valence-electron chi connectivity index (χ2n) is 3.96. The van der Waals surface area contributed by atoms with E-state index in [9.17, 15) is 0 Å². The van der Waals surface area contributed by atoms with Crippen LogP contribution in [0.1, 0.15) is 35.8 Å². The minimum absolute atomic E-state index is 0.370. The molecule has 0 spiro atoms. The van der Waals surface area contributed by atoms with E-state index >= 15 is 0 Å². The standard InChI is InChI=1S/C12H14O2/c1-2-8-5-9(11-6-13-11)3-4-10(8)12-7-14-12/h3-5,11-12H,2,6-7H2,1H3. The zero-order valence-electron chi connectivity index (χ0n) is 8.32. The molecule has 0 aromatic heterocycles. The Bertz CT molecular complexity index is 351. The zero-order valence-corrected chi connectivity index (χ0v) is 8.32. The lowest BCUT2D eigenvalue weighted by Crippen LogP contribution is -1.93. The molecule has 2 heteroatoms. The first-order valence-electron chi connectivity index (χ1n) is 5.24. The molecule has 74 valence electrons. The van der Waals surface area contributed by atoms with Gasteiger partial charge in [0.05, 0.1) is 13.2 Å². The van der Waals surface area contributed by atoms with Gasteiger partial charge >= 0.3 is 0 Å². The highest BCUT2D eigenvalue weighted by Gasteiger charge is 2.29. The van der Waals surface area contributed by atoms with E-state index in [-0.39, 0.29) is 0 Å². The Morgan fingerprint density at radius 3 is 2.50 bits per heavy atom. The van der Waals surface area contributed by atoms with Crippen LogP contribution in [0.4, 0.5) is 0 Å². The number of aryl methyl sites for hydroxylation is 1. The molecular weight excluding hydrogens is 176 g/mol. The van der Waals surface area contributed by atoms with Crippen LogP contribution in [0.15, 0.2) is 18.2 Å². The van der Waals surface area contributed by atoms with Gasteiger partial charge in [-0.2, -0.15) is 0 Å². The molecule has 0 N–H and O–H groups in total. The number of ether oxygens (including phenoxy) is 2. The molecule has 3 rings (SSSR count). The molecule has 0 radical (unpaired) electrons. The predicted molar refractivity (Wildman–Crippen MR) is 53.2 cm³/mol. The Morgan fingerprint density at radius 2 is 1.93 bits per heavy atom. The van der Waals surface area contributed by atoms with Crippen LogP contribution in [0.3, 0.4) is 0 Å². The van der Waals surface area contributed by atoms with Gasteiger partial charge in [0.25, 0.3) is 0 Å². The number of hydrogen-bond acceptors (Lipinski definition) is 2. The van der Waals surface area contributed by atoms with Crippen LogP contribution in [-0.2, 0) is 15.9 Å². The third-order valence-corrected chi connectivity index (χ3v) is 2.93. The van der Waals surface area contributed by atoms with E-state index in [1.165, 1.54) is 16.7 Å². The molecular formula is C12H14O2. The molecule has 2 fully saturated rings. The van der Waals surface area contributed by atoms with Gasteiger partial charge in [0.1, 0.15) is 12.2 Å². The summed E-state index contributed by atoms with van der Waals surface area (Å²) in [6.07, 6.45) is 1.82. The maximum absolute atomic E-state index is 5.32. The molecule has 2 unspecified atom stereocenters. The molecule has 2 nitrogen and oxygen atoms in total. The maximum Gasteiger partial charge on any atom is 0.106 e. The smallest absolute Gasteiger partial charge is 0.106 e. The molecule has 1 aromatic rings. The Labute approximate surface area is 83.8 Å². The fourth-order valence-corrected chi connectivity index (χ4v) is 1.91. The minimum Gasteiger partial charge on any atom is -0.368 e. The number of benzene rings is 1. The van der Waals surface area contributed by atoms with Gasteiger partial charge in [-0.1, -0.05) is 25.1 Å². The van der Waals surface area contributed by atoms with E-state index in [0.29, 0.717) is 12.2 Å². The number of rotatable bonds is 3. The highest BCUT2D eigenvalue weighted by atomic mass is 16.6. The lowest BCUT2D eigenvalue weighted by atomic mass is 9.99. The van der Waals surface area contributed by atoms with Crippen molar-refractivity contribution in [2.45, 2.75) is 25.6 Å². The lowest BCUT2D eigenvalue weighted by molar-refractivity contribution is 0.411. The molecule has 2 aliphatic heterocycles. The zero-order chi connectivity index (χ0) is 9.54. The molecule has 2 aliphatic rings. The normalized spacial score (nSPS) is 28.9. The van der Waals surface area contributed by atoms with Crippen LogP contribution in [0.2, 0.25) is 0 Å². The van der Waals surface area contributed by atoms with Gasteiger partial charge in [0.15, 0.2) is 0 Å². The summed E-state index contributed by atoms with van der Waals surface area (Å²) in [4.78, 5) is 0. The first kappa shape index (κ1) is 8.45. The van der Waals surface area contributed by atoms with Crippen molar-refractivity contribution in [2.24, 2.45) is 0 Å². The average molecular weight is 190 g/mol. The molecule has 2 atom stereocenters. The summed E-state index contributed by atoms with van der Waals surface area (Å²) in [5.74, 6) is 0. The summed E-state index contributed by atoms with van der Waals surface area (Å²) in [5, 5.41) is 0. The monoisotopic (exact) mass is 190 g/mol. The van der Waals surface area contributed by atoms with Crippen LogP contribution < -0.4 is 0 Å². The SMILES string of the molecule is CCc1cc(C2CO2)ccc1C1CO1. The topological polar surface area (TPSA) is 25.1 Å². The number of epoxide rings is 2. The van der Waals surface area contributed by atoms with Crippen LogP contribution in [0.25, 0.3) is 0 Å². The molecule has 2 saturated heterocycles. The Balaban J connectivity index is 1.96. The van der Waals surface area contributed by atoms with E-state index in [2.05, 4.69) is 25.1 Å². The lowest BCUT2D eigenvalue weighted by Gasteiger charge is -2.06. The predicted octanol–water partition coefficient (Wildman–Crippen LogP) is 2.39. The summed E-state index contributed by atoms with van der Waals surface area (Å²) in [5.41, 5.74) is 4.11. The minimum atomic E-state index is 0.370. The summed E-state index contributed by atoms with van der Waals surface area (Å²) in [6, 6.07) is 6.65. The van der Waals surface area contributed by atoms with E-state index in [0.717, 1.165) is 19.6 Å². The fraction of sp³-hybridized carbons (Fsp3) is 0.500. The van der Waals surface area contributed by atoms with Crippen molar-refractivity contribution in [1.82, 2.24) is 0 Å². The van der Waals surface area contributed by atoms with Crippen LogP contribution in [0, 0.1) is 0 Å². The largest absolute Gasteiger partial charge is 0.368 e. The molecule has 0 amide bonds. The van der Waals surface area contributed by atoms with Crippen LogP contribution in [-0.4, -0.2) is 13.2 Å². The van der Waals surface area contributed by atoms with E-state index in [1.54, 1.807) is 0 Å². The van der Waals surface area contributed by atoms with Crippen LogP contribution in [0.5, 0.6) is 0 Å². The number of hydrogen-bond donors (Lipinski definition) is 0. The van der Waals surface area contributed by atoms with Crippen molar-refractivity contribution in [1.29, 1.82) is 0 Å². The third kappa shape index (κ3) is 1.45. The van der Waals surface area contributed by atoms with Gasteiger partial charge in [0, 0.05) is 0 Å². The maximum atomic E-state index is 5.32. The fourth-order valence-electron chi connectivity index (χ4n) is 1.91. The van der Waals surface area contributed by atoms with Gasteiger partial charge in [-0.15, -0.1) is 0 Å². The summed E-state index contributed by atoms with van der Waals surface area (Å²) in [7, 11) is 0. The van der Waals surface area contributed by atoms with Gasteiger partial charge in [-0.05, 0) is 23.1 Å². The highest BCUT2D eigenvalue weighted by molar-refractivity contribution is 5.37. The quantitative estimate of drug-likeness (QED) is 0.684. The summed E-state index contributed by atoms with van der Waals surface area (Å²) >= 11 is 0. The first-order valence-corrected chi connectivity index (χ1v) is 5.24. The summed E-state index contributed by atoms with van der Waals surface area (Å²) in [6.45, 7) is 3.98. The molecule has 2 heterocycles.